The van der Waals surface area contributed by atoms with E-state index in [4.69, 9.17) is 0 Å². The first-order valence-electron chi connectivity index (χ1n) is 5.98. The van der Waals surface area contributed by atoms with Crippen molar-refractivity contribution in [2.45, 2.75) is 12.1 Å². The molecule has 0 radical (unpaired) electrons. The van der Waals surface area contributed by atoms with Crippen LogP contribution in [0.3, 0.4) is 0 Å². The molecule has 2 atom stereocenters. The Morgan fingerprint density at radius 3 is 1.68 bits per heavy atom. The molecule has 0 fully saturated rings. The number of benzene rings is 2. The fraction of sp³-hybridized carbons (Fsp3) is 0.200. The van der Waals surface area contributed by atoms with E-state index < -0.39 is 6.10 Å². The Labute approximate surface area is 130 Å². The molecule has 0 spiro atoms. The lowest BCUT2D eigenvalue weighted by atomic mass is 9.96. The summed E-state index contributed by atoms with van der Waals surface area (Å²) in [6.45, 7) is 0. The highest BCUT2D eigenvalue weighted by atomic mass is 79.9. The van der Waals surface area contributed by atoms with Crippen molar-refractivity contribution in [3.8, 4) is 0 Å². The van der Waals surface area contributed by atoms with Crippen LogP contribution in [0.5, 0.6) is 0 Å². The average molecular weight is 385 g/mol. The van der Waals surface area contributed by atoms with Gasteiger partial charge in [-0.1, -0.05) is 56.1 Å². The molecular weight excluding hydrogens is 370 g/mol. The number of hydrogen-bond acceptors (Lipinski definition) is 2. The Morgan fingerprint density at radius 1 is 0.842 bits per heavy atom. The van der Waals surface area contributed by atoms with Crippen LogP contribution in [-0.4, -0.2) is 12.2 Å². The molecule has 0 aliphatic rings. The Hall–Kier alpha value is -0.680. The molecule has 0 bridgehead atoms. The summed E-state index contributed by atoms with van der Waals surface area (Å²) in [6, 6.07) is 15.6. The third kappa shape index (κ3) is 3.66. The molecule has 0 saturated carbocycles. The van der Waals surface area contributed by atoms with Crippen molar-refractivity contribution in [1.82, 2.24) is 5.32 Å². The highest BCUT2D eigenvalue weighted by Gasteiger charge is 2.20. The van der Waals surface area contributed by atoms with Crippen LogP contribution in [0.25, 0.3) is 0 Å². The predicted octanol–water partition coefficient (Wildman–Crippen LogP) is 4.21. The largest absolute Gasteiger partial charge is 0.386 e. The van der Waals surface area contributed by atoms with E-state index in [1.54, 1.807) is 0 Å². The van der Waals surface area contributed by atoms with Gasteiger partial charge in [0.25, 0.3) is 0 Å². The summed E-state index contributed by atoms with van der Waals surface area (Å²) in [5.41, 5.74) is 1.95. The van der Waals surface area contributed by atoms with E-state index in [0.29, 0.717) is 0 Å². The van der Waals surface area contributed by atoms with Crippen LogP contribution in [0.15, 0.2) is 57.5 Å². The number of hydrogen-bond donors (Lipinski definition) is 2. The first kappa shape index (κ1) is 14.7. The van der Waals surface area contributed by atoms with Gasteiger partial charge in [-0.2, -0.15) is 0 Å². The van der Waals surface area contributed by atoms with Crippen LogP contribution in [0, 0.1) is 0 Å². The van der Waals surface area contributed by atoms with E-state index in [0.717, 1.165) is 20.1 Å². The highest BCUT2D eigenvalue weighted by Crippen LogP contribution is 2.29. The lowest BCUT2D eigenvalue weighted by Gasteiger charge is -2.23. The minimum Gasteiger partial charge on any atom is -0.386 e. The quantitative estimate of drug-likeness (QED) is 0.827. The van der Waals surface area contributed by atoms with Crippen LogP contribution < -0.4 is 5.32 Å². The summed E-state index contributed by atoms with van der Waals surface area (Å²) in [4.78, 5) is 0. The number of rotatable bonds is 4. The van der Waals surface area contributed by atoms with Gasteiger partial charge in [0, 0.05) is 8.95 Å². The van der Waals surface area contributed by atoms with Crippen LogP contribution in [0.2, 0.25) is 0 Å². The van der Waals surface area contributed by atoms with Gasteiger partial charge >= 0.3 is 0 Å². The van der Waals surface area contributed by atoms with E-state index in [9.17, 15) is 5.11 Å². The molecule has 0 amide bonds. The number of aliphatic hydroxyl groups excluding tert-OH is 1. The maximum atomic E-state index is 10.5. The van der Waals surface area contributed by atoms with Crippen molar-refractivity contribution in [3.05, 3.63) is 68.6 Å². The van der Waals surface area contributed by atoms with Crippen LogP contribution in [0.1, 0.15) is 23.3 Å². The van der Waals surface area contributed by atoms with Gasteiger partial charge in [0.15, 0.2) is 0 Å². The maximum absolute atomic E-state index is 10.5. The molecule has 0 aromatic heterocycles. The zero-order valence-corrected chi connectivity index (χ0v) is 13.6. The molecule has 100 valence electrons. The number of halogens is 2. The maximum Gasteiger partial charge on any atom is 0.0984 e. The van der Waals surface area contributed by atoms with Crippen LogP contribution >= 0.6 is 31.9 Å². The molecule has 0 unspecified atom stereocenters. The average Bonchev–Trinajstić information content (AvgIpc) is 2.42. The fourth-order valence-corrected chi connectivity index (χ4v) is 2.56. The van der Waals surface area contributed by atoms with Crippen molar-refractivity contribution in [2.75, 3.05) is 7.05 Å². The summed E-state index contributed by atoms with van der Waals surface area (Å²) in [7, 11) is 1.86. The van der Waals surface area contributed by atoms with Gasteiger partial charge in [0.1, 0.15) is 0 Å². The van der Waals surface area contributed by atoms with Gasteiger partial charge in [0.2, 0.25) is 0 Å². The third-order valence-corrected chi connectivity index (χ3v) is 4.12. The molecule has 0 aliphatic heterocycles. The zero-order chi connectivity index (χ0) is 13.8. The second kappa shape index (κ2) is 6.66. The van der Waals surface area contributed by atoms with Crippen molar-refractivity contribution in [3.63, 3.8) is 0 Å². The molecule has 0 saturated heterocycles. The fourth-order valence-electron chi connectivity index (χ4n) is 2.03. The van der Waals surface area contributed by atoms with E-state index in [-0.39, 0.29) is 6.04 Å². The summed E-state index contributed by atoms with van der Waals surface area (Å²) >= 11 is 6.82. The second-order valence-corrected chi connectivity index (χ2v) is 6.15. The summed E-state index contributed by atoms with van der Waals surface area (Å²) < 4.78 is 2.04. The third-order valence-electron chi connectivity index (χ3n) is 3.07. The van der Waals surface area contributed by atoms with Gasteiger partial charge in [-0.3, -0.25) is 0 Å². The Balaban J connectivity index is 2.26. The number of aliphatic hydroxyl groups is 1. The monoisotopic (exact) mass is 383 g/mol. The Morgan fingerprint density at radius 2 is 1.26 bits per heavy atom. The second-order valence-electron chi connectivity index (χ2n) is 4.31. The molecule has 4 heteroatoms. The SMILES string of the molecule is CN[C@@H](c1ccc(Br)cc1)[C@H](O)c1ccc(Br)cc1. The number of likely N-dealkylation sites (N-methyl/N-ethyl adjacent to an activating group) is 1. The van der Waals surface area contributed by atoms with E-state index in [1.165, 1.54) is 0 Å². The number of nitrogens with one attached hydrogen (secondary N) is 1. The first-order chi connectivity index (χ1) is 9.11. The predicted molar refractivity (Wildman–Crippen MR) is 85.0 cm³/mol. The van der Waals surface area contributed by atoms with Crippen molar-refractivity contribution >= 4 is 31.9 Å². The standard InChI is InChI=1S/C15H15Br2NO/c1-18-14(10-2-6-12(16)7-3-10)15(19)11-4-8-13(17)9-5-11/h2-9,14-15,18-19H,1H3/t14-,15+/m0/s1. The smallest absolute Gasteiger partial charge is 0.0984 e. The van der Waals surface area contributed by atoms with Gasteiger partial charge < -0.3 is 10.4 Å². The highest BCUT2D eigenvalue weighted by molar-refractivity contribution is 9.10. The molecule has 2 aromatic rings. The van der Waals surface area contributed by atoms with Gasteiger partial charge in [-0.05, 0) is 42.4 Å². The minimum absolute atomic E-state index is 0.130. The van der Waals surface area contributed by atoms with Crippen molar-refractivity contribution < 1.29 is 5.11 Å². The van der Waals surface area contributed by atoms with Crippen molar-refractivity contribution in [2.24, 2.45) is 0 Å². The van der Waals surface area contributed by atoms with Gasteiger partial charge in [-0.15, -0.1) is 0 Å². The lowest BCUT2D eigenvalue weighted by molar-refractivity contribution is 0.133. The molecule has 19 heavy (non-hydrogen) atoms. The molecule has 0 heterocycles. The van der Waals surface area contributed by atoms with E-state index in [1.807, 2.05) is 55.6 Å². The molecule has 2 nitrogen and oxygen atoms in total. The molecule has 2 aromatic carbocycles. The first-order valence-corrected chi connectivity index (χ1v) is 7.56. The minimum atomic E-state index is -0.584. The normalized spacial score (nSPS) is 14.1. The van der Waals surface area contributed by atoms with Gasteiger partial charge in [-0.25, -0.2) is 0 Å². The molecular formula is C15H15Br2NO. The molecule has 2 N–H and O–H groups in total. The molecule has 2 rings (SSSR count). The van der Waals surface area contributed by atoms with Crippen LogP contribution in [0.4, 0.5) is 0 Å². The Kier molecular flexibility index (Phi) is 5.16. The van der Waals surface area contributed by atoms with E-state index in [2.05, 4.69) is 37.2 Å². The Bertz CT molecular complexity index is 525. The summed E-state index contributed by atoms with van der Waals surface area (Å²) in [5.74, 6) is 0. The van der Waals surface area contributed by atoms with Crippen molar-refractivity contribution in [1.29, 1.82) is 0 Å². The van der Waals surface area contributed by atoms with Gasteiger partial charge in [0.05, 0.1) is 12.1 Å². The van der Waals surface area contributed by atoms with E-state index >= 15 is 0 Å². The lowest BCUT2D eigenvalue weighted by Crippen LogP contribution is -2.23. The molecule has 0 aliphatic carbocycles. The summed E-state index contributed by atoms with van der Waals surface area (Å²) in [5, 5.41) is 13.7. The van der Waals surface area contributed by atoms with Crippen LogP contribution in [-0.2, 0) is 0 Å². The summed E-state index contributed by atoms with van der Waals surface area (Å²) in [6.07, 6.45) is -0.584. The zero-order valence-electron chi connectivity index (χ0n) is 10.5. The topological polar surface area (TPSA) is 32.3 Å².